The Bertz CT molecular complexity index is 414. The molecule has 0 saturated heterocycles. The van der Waals surface area contributed by atoms with E-state index >= 15 is 0 Å². The van der Waals surface area contributed by atoms with Crippen LogP contribution in [0.3, 0.4) is 0 Å². The molecule has 0 fully saturated rings. The van der Waals surface area contributed by atoms with Crippen molar-refractivity contribution >= 4 is 34.9 Å². The lowest BCUT2D eigenvalue weighted by Gasteiger charge is -2.09. The van der Waals surface area contributed by atoms with Gasteiger partial charge in [0, 0.05) is 19.8 Å². The molecule has 0 radical (unpaired) electrons. The number of ether oxygens (including phenoxy) is 1. The van der Waals surface area contributed by atoms with E-state index in [-0.39, 0.29) is 6.03 Å². The Kier molecular flexibility index (Phi) is 7.63. The maximum absolute atomic E-state index is 11.6. The van der Waals surface area contributed by atoms with Crippen LogP contribution >= 0.6 is 23.2 Å². The van der Waals surface area contributed by atoms with Gasteiger partial charge in [-0.2, -0.15) is 0 Å². The number of rotatable bonds is 7. The quantitative estimate of drug-likeness (QED) is 0.750. The van der Waals surface area contributed by atoms with Gasteiger partial charge in [-0.3, -0.25) is 0 Å². The summed E-state index contributed by atoms with van der Waals surface area (Å²) >= 11 is 11.8. The van der Waals surface area contributed by atoms with Crippen LogP contribution in [0.1, 0.15) is 19.8 Å². The number of unbranched alkanes of at least 4 members (excludes halogenated alkanes) is 1. The maximum Gasteiger partial charge on any atom is 0.319 e. The Morgan fingerprint density at radius 3 is 2.84 bits per heavy atom. The summed E-state index contributed by atoms with van der Waals surface area (Å²) in [5.41, 5.74) is 0.501. The van der Waals surface area contributed by atoms with Gasteiger partial charge in [-0.25, -0.2) is 4.79 Å². The summed E-state index contributed by atoms with van der Waals surface area (Å²) < 4.78 is 5.20. The number of hydrogen-bond donors (Lipinski definition) is 2. The summed E-state index contributed by atoms with van der Waals surface area (Å²) in [6.45, 7) is 4.00. The molecule has 0 bridgehead atoms. The van der Waals surface area contributed by atoms with Crippen LogP contribution in [0.15, 0.2) is 18.2 Å². The molecule has 2 N–H and O–H groups in total. The number of benzene rings is 1. The van der Waals surface area contributed by atoms with Gasteiger partial charge in [-0.05, 0) is 31.9 Å². The van der Waals surface area contributed by atoms with E-state index < -0.39 is 0 Å². The fourth-order valence-corrected chi connectivity index (χ4v) is 1.79. The zero-order chi connectivity index (χ0) is 14.1. The predicted octanol–water partition coefficient (Wildman–Crippen LogP) is 3.93. The number of halogens is 2. The number of urea groups is 1. The van der Waals surface area contributed by atoms with Crippen molar-refractivity contribution in [3.8, 4) is 0 Å². The molecule has 0 aromatic heterocycles. The van der Waals surface area contributed by atoms with Gasteiger partial charge in [0.2, 0.25) is 0 Å². The van der Waals surface area contributed by atoms with E-state index in [1.54, 1.807) is 18.2 Å². The van der Waals surface area contributed by atoms with Crippen molar-refractivity contribution in [3.63, 3.8) is 0 Å². The van der Waals surface area contributed by atoms with Crippen molar-refractivity contribution in [2.24, 2.45) is 0 Å². The van der Waals surface area contributed by atoms with Crippen molar-refractivity contribution in [3.05, 3.63) is 28.2 Å². The van der Waals surface area contributed by atoms with Crippen LogP contribution in [-0.2, 0) is 4.74 Å². The third-order valence-electron chi connectivity index (χ3n) is 2.40. The molecule has 1 aromatic rings. The van der Waals surface area contributed by atoms with Crippen LogP contribution in [0.2, 0.25) is 10.0 Å². The first-order valence-corrected chi connectivity index (χ1v) is 6.97. The van der Waals surface area contributed by atoms with Crippen molar-refractivity contribution in [2.75, 3.05) is 25.1 Å². The summed E-state index contributed by atoms with van der Waals surface area (Å²) in [6.07, 6.45) is 1.79. The van der Waals surface area contributed by atoms with E-state index in [1.807, 2.05) is 6.92 Å². The molecule has 2 amide bonds. The second-order valence-electron chi connectivity index (χ2n) is 3.89. The van der Waals surface area contributed by atoms with Crippen molar-refractivity contribution in [2.45, 2.75) is 19.8 Å². The van der Waals surface area contributed by atoms with E-state index in [4.69, 9.17) is 27.9 Å². The summed E-state index contributed by atoms with van der Waals surface area (Å²) in [4.78, 5) is 11.6. The molecule has 0 aliphatic rings. The lowest BCUT2D eigenvalue weighted by Crippen LogP contribution is -2.29. The molecular formula is C13H18Cl2N2O2. The van der Waals surface area contributed by atoms with Crippen LogP contribution in [0.25, 0.3) is 0 Å². The van der Waals surface area contributed by atoms with E-state index in [0.29, 0.717) is 22.3 Å². The molecule has 0 aliphatic carbocycles. The average molecular weight is 305 g/mol. The molecule has 106 valence electrons. The maximum atomic E-state index is 11.6. The Morgan fingerprint density at radius 1 is 1.32 bits per heavy atom. The molecule has 19 heavy (non-hydrogen) atoms. The normalized spacial score (nSPS) is 10.3. The highest BCUT2D eigenvalue weighted by Gasteiger charge is 2.07. The fraction of sp³-hybridized carbons (Fsp3) is 0.462. The van der Waals surface area contributed by atoms with E-state index in [0.717, 1.165) is 26.1 Å². The highest BCUT2D eigenvalue weighted by molar-refractivity contribution is 6.43. The van der Waals surface area contributed by atoms with Crippen molar-refractivity contribution < 1.29 is 9.53 Å². The molecular weight excluding hydrogens is 287 g/mol. The van der Waals surface area contributed by atoms with Crippen LogP contribution in [-0.4, -0.2) is 25.8 Å². The minimum Gasteiger partial charge on any atom is -0.382 e. The van der Waals surface area contributed by atoms with Crippen LogP contribution in [0, 0.1) is 0 Å². The fourth-order valence-electron chi connectivity index (χ4n) is 1.44. The van der Waals surface area contributed by atoms with E-state index in [9.17, 15) is 4.79 Å². The van der Waals surface area contributed by atoms with Crippen molar-refractivity contribution in [1.82, 2.24) is 5.32 Å². The van der Waals surface area contributed by atoms with Gasteiger partial charge >= 0.3 is 6.03 Å². The lowest BCUT2D eigenvalue weighted by molar-refractivity contribution is 0.143. The minimum absolute atomic E-state index is 0.291. The molecule has 0 atom stereocenters. The van der Waals surface area contributed by atoms with Gasteiger partial charge in [0.1, 0.15) is 0 Å². The topological polar surface area (TPSA) is 50.4 Å². The van der Waals surface area contributed by atoms with Crippen LogP contribution < -0.4 is 10.6 Å². The SMILES string of the molecule is CCOCCCCNC(=O)Nc1cccc(Cl)c1Cl. The molecule has 6 heteroatoms. The van der Waals surface area contributed by atoms with Gasteiger partial charge in [0.25, 0.3) is 0 Å². The molecule has 0 unspecified atom stereocenters. The highest BCUT2D eigenvalue weighted by Crippen LogP contribution is 2.29. The summed E-state index contributed by atoms with van der Waals surface area (Å²) in [6, 6.07) is 4.80. The molecule has 0 spiro atoms. The largest absolute Gasteiger partial charge is 0.382 e. The molecule has 0 heterocycles. The monoisotopic (exact) mass is 304 g/mol. The molecule has 4 nitrogen and oxygen atoms in total. The van der Waals surface area contributed by atoms with E-state index in [2.05, 4.69) is 10.6 Å². The van der Waals surface area contributed by atoms with Gasteiger partial charge in [0.05, 0.1) is 15.7 Å². The van der Waals surface area contributed by atoms with Gasteiger partial charge in [-0.1, -0.05) is 29.3 Å². The number of nitrogens with one attached hydrogen (secondary N) is 2. The second kappa shape index (κ2) is 9.02. The highest BCUT2D eigenvalue weighted by atomic mass is 35.5. The summed E-state index contributed by atoms with van der Waals surface area (Å²) in [5.74, 6) is 0. The average Bonchev–Trinajstić information content (AvgIpc) is 2.39. The zero-order valence-corrected chi connectivity index (χ0v) is 12.4. The standard InChI is InChI=1S/C13H18Cl2N2O2/c1-2-19-9-4-3-8-16-13(18)17-11-7-5-6-10(14)12(11)15/h5-7H,2-4,8-9H2,1H3,(H2,16,17,18). The van der Waals surface area contributed by atoms with Crippen molar-refractivity contribution in [1.29, 1.82) is 0 Å². The Labute approximate surface area is 123 Å². The Balaban J connectivity index is 2.26. The second-order valence-corrected chi connectivity index (χ2v) is 4.67. The lowest BCUT2D eigenvalue weighted by atomic mass is 10.3. The molecule has 1 rings (SSSR count). The smallest absolute Gasteiger partial charge is 0.319 e. The first-order valence-electron chi connectivity index (χ1n) is 6.21. The first kappa shape index (κ1) is 16.1. The van der Waals surface area contributed by atoms with Crippen LogP contribution in [0.4, 0.5) is 10.5 Å². The third-order valence-corrected chi connectivity index (χ3v) is 3.22. The van der Waals surface area contributed by atoms with E-state index in [1.165, 1.54) is 0 Å². The Morgan fingerprint density at radius 2 is 2.11 bits per heavy atom. The summed E-state index contributed by atoms with van der Waals surface area (Å²) in [7, 11) is 0. The molecule has 0 saturated carbocycles. The number of hydrogen-bond acceptors (Lipinski definition) is 2. The number of amides is 2. The minimum atomic E-state index is -0.291. The predicted molar refractivity (Wildman–Crippen MR) is 79.2 cm³/mol. The number of anilines is 1. The van der Waals surface area contributed by atoms with Crippen LogP contribution in [0.5, 0.6) is 0 Å². The zero-order valence-electron chi connectivity index (χ0n) is 10.8. The first-order chi connectivity index (χ1) is 9.15. The molecule has 0 aliphatic heterocycles. The number of carbonyl (C=O) groups is 1. The summed E-state index contributed by atoms with van der Waals surface area (Å²) in [5, 5.41) is 6.16. The van der Waals surface area contributed by atoms with Gasteiger partial charge in [-0.15, -0.1) is 0 Å². The Hall–Kier alpha value is -0.970. The number of carbonyl (C=O) groups excluding carboxylic acids is 1. The third kappa shape index (κ3) is 6.14. The molecule has 1 aromatic carbocycles. The van der Waals surface area contributed by atoms with Gasteiger partial charge in [0.15, 0.2) is 0 Å². The van der Waals surface area contributed by atoms with Gasteiger partial charge < -0.3 is 15.4 Å².